The summed E-state index contributed by atoms with van der Waals surface area (Å²) in [5.41, 5.74) is -2.88. The van der Waals surface area contributed by atoms with Gasteiger partial charge in [0.2, 0.25) is 0 Å². The van der Waals surface area contributed by atoms with Crippen molar-refractivity contribution in [2.24, 2.45) is 0 Å². The van der Waals surface area contributed by atoms with E-state index in [1.165, 1.54) is 0 Å². The average Bonchev–Trinajstić information content (AvgIpc) is 2.53. The summed E-state index contributed by atoms with van der Waals surface area (Å²) >= 11 is 15.6. The lowest BCUT2D eigenvalue weighted by Crippen LogP contribution is -2.08. The molecule has 2 rings (SSSR count). The Kier molecular flexibility index (Phi) is 7.75. The fraction of sp³-hybridized carbons (Fsp3) is 0.125. The largest absolute Gasteiger partial charge is 0.478 e. The number of carbonyl (C=O) groups excluding carboxylic acids is 1. The predicted octanol–water partition coefficient (Wildman–Crippen LogP) is 6.79. The van der Waals surface area contributed by atoms with Crippen LogP contribution < -0.4 is 0 Å². The van der Waals surface area contributed by atoms with Crippen molar-refractivity contribution in [1.29, 1.82) is 0 Å². The molecule has 0 aliphatic heterocycles. The first-order valence-corrected chi connectivity index (χ1v) is 7.94. The summed E-state index contributed by atoms with van der Waals surface area (Å²) < 4.78 is 73.4. The number of hydrogen-bond donors (Lipinski definition) is 1. The number of benzene rings is 2. The van der Waals surface area contributed by atoms with Crippen molar-refractivity contribution in [3.8, 4) is 0 Å². The molecule has 0 amide bonds. The highest BCUT2D eigenvalue weighted by Gasteiger charge is 2.34. The van der Waals surface area contributed by atoms with Crippen LogP contribution in [0.5, 0.6) is 0 Å². The number of alkyl halides is 6. The Bertz CT molecular complexity index is 821. The Morgan fingerprint density at radius 1 is 0.750 bits per heavy atom. The molecular weight excluding hydrogens is 461 g/mol. The van der Waals surface area contributed by atoms with Crippen LogP contribution in [0.25, 0.3) is 0 Å². The zero-order valence-corrected chi connectivity index (χ0v) is 15.4. The van der Waals surface area contributed by atoms with Gasteiger partial charge in [0.05, 0.1) is 26.7 Å². The van der Waals surface area contributed by atoms with Gasteiger partial charge in [0, 0.05) is 5.56 Å². The van der Waals surface area contributed by atoms with Crippen LogP contribution in [0.1, 0.15) is 31.8 Å². The van der Waals surface area contributed by atoms with Crippen LogP contribution in [0.3, 0.4) is 0 Å². The molecule has 0 aromatic heterocycles. The van der Waals surface area contributed by atoms with Crippen molar-refractivity contribution < 1.29 is 41.0 Å². The molecule has 0 saturated carbocycles. The zero-order chi connectivity index (χ0) is 21.9. The van der Waals surface area contributed by atoms with E-state index in [1.807, 2.05) is 0 Å². The zero-order valence-electron chi connectivity index (χ0n) is 13.1. The van der Waals surface area contributed by atoms with Crippen molar-refractivity contribution in [3.63, 3.8) is 0 Å². The van der Waals surface area contributed by atoms with Gasteiger partial charge in [0.15, 0.2) is 0 Å². The SMILES string of the molecule is O=C(Cl)c1ccc(Cl)c(C(F)(F)F)c1.O=C(O)c1ccc(Cl)c(C(F)(F)F)c1. The minimum atomic E-state index is -4.64. The molecule has 0 saturated heterocycles. The lowest BCUT2D eigenvalue weighted by atomic mass is 10.1. The molecule has 0 unspecified atom stereocenters. The molecule has 0 spiro atoms. The Morgan fingerprint density at radius 3 is 1.43 bits per heavy atom. The van der Waals surface area contributed by atoms with Gasteiger partial charge in [-0.25, -0.2) is 4.79 Å². The van der Waals surface area contributed by atoms with Crippen LogP contribution in [-0.2, 0) is 12.4 Å². The molecule has 12 heteroatoms. The van der Waals surface area contributed by atoms with Crippen LogP contribution in [0.4, 0.5) is 26.3 Å². The van der Waals surface area contributed by atoms with Gasteiger partial charge in [-0.3, -0.25) is 4.79 Å². The van der Waals surface area contributed by atoms with Gasteiger partial charge >= 0.3 is 18.3 Å². The molecule has 152 valence electrons. The minimum absolute atomic E-state index is 0.233. The second-order valence-corrected chi connectivity index (χ2v) is 6.12. The van der Waals surface area contributed by atoms with E-state index in [9.17, 15) is 35.9 Å². The Balaban J connectivity index is 0.000000280. The van der Waals surface area contributed by atoms with Crippen LogP contribution in [0.15, 0.2) is 36.4 Å². The lowest BCUT2D eigenvalue weighted by Gasteiger charge is -2.09. The highest BCUT2D eigenvalue weighted by atomic mass is 35.5. The fourth-order valence-corrected chi connectivity index (χ4v) is 2.31. The Labute approximate surface area is 168 Å². The highest BCUT2D eigenvalue weighted by molar-refractivity contribution is 6.67. The molecule has 0 bridgehead atoms. The first-order chi connectivity index (χ1) is 12.6. The highest BCUT2D eigenvalue weighted by Crippen LogP contribution is 2.36. The van der Waals surface area contributed by atoms with E-state index < -0.39 is 50.3 Å². The molecule has 0 atom stereocenters. The number of hydrogen-bond acceptors (Lipinski definition) is 2. The third kappa shape index (κ3) is 6.57. The standard InChI is InChI=1S/C8H3Cl2F3O.C8H4ClF3O2/c9-6-2-1-4(7(10)14)3-5(6)8(11,12)13;9-6-2-1-4(7(13)14)3-5(6)8(10,11)12/h1-3H;1-3H,(H,13,14). The Morgan fingerprint density at radius 2 is 1.11 bits per heavy atom. The lowest BCUT2D eigenvalue weighted by molar-refractivity contribution is -0.138. The molecule has 0 heterocycles. The van der Waals surface area contributed by atoms with E-state index in [1.54, 1.807) is 0 Å². The molecule has 2 aromatic carbocycles. The van der Waals surface area contributed by atoms with Crippen LogP contribution >= 0.6 is 34.8 Å². The van der Waals surface area contributed by atoms with Gasteiger partial charge in [-0.05, 0) is 48.0 Å². The molecule has 0 radical (unpaired) electrons. The molecule has 0 aliphatic rings. The van der Waals surface area contributed by atoms with Crippen LogP contribution in [0.2, 0.25) is 10.0 Å². The first-order valence-electron chi connectivity index (χ1n) is 6.81. The van der Waals surface area contributed by atoms with Crippen LogP contribution in [0, 0.1) is 0 Å². The van der Waals surface area contributed by atoms with Crippen molar-refractivity contribution in [3.05, 3.63) is 68.7 Å². The molecule has 3 nitrogen and oxygen atoms in total. The number of halogens is 9. The van der Waals surface area contributed by atoms with Gasteiger partial charge < -0.3 is 5.11 Å². The molecule has 0 fully saturated rings. The van der Waals surface area contributed by atoms with Gasteiger partial charge in [0.1, 0.15) is 0 Å². The monoisotopic (exact) mass is 466 g/mol. The topological polar surface area (TPSA) is 54.4 Å². The van der Waals surface area contributed by atoms with E-state index in [0.29, 0.717) is 12.1 Å². The van der Waals surface area contributed by atoms with Crippen LogP contribution in [-0.4, -0.2) is 16.3 Å². The van der Waals surface area contributed by atoms with Gasteiger partial charge in [0.25, 0.3) is 5.24 Å². The van der Waals surface area contributed by atoms with Crippen molar-refractivity contribution in [2.75, 3.05) is 0 Å². The second kappa shape index (κ2) is 9.02. The number of aromatic carboxylic acids is 1. The van der Waals surface area contributed by atoms with Crippen molar-refractivity contribution in [2.45, 2.75) is 12.4 Å². The van der Waals surface area contributed by atoms with E-state index >= 15 is 0 Å². The first kappa shape index (κ1) is 24.1. The molecule has 0 aliphatic carbocycles. The third-order valence-electron chi connectivity index (χ3n) is 3.02. The summed E-state index contributed by atoms with van der Waals surface area (Å²) in [6.07, 6.45) is -9.22. The predicted molar refractivity (Wildman–Crippen MR) is 90.1 cm³/mol. The minimum Gasteiger partial charge on any atom is -0.478 e. The van der Waals surface area contributed by atoms with E-state index in [-0.39, 0.29) is 5.56 Å². The molecular formula is C16H7Cl3F6O3. The summed E-state index contributed by atoms with van der Waals surface area (Å²) in [6, 6.07) is 5.17. The normalized spacial score (nSPS) is 11.5. The maximum atomic E-state index is 12.3. The molecule has 2 aromatic rings. The summed E-state index contributed by atoms with van der Waals surface area (Å²) in [7, 11) is 0. The maximum absolute atomic E-state index is 12.3. The number of carboxylic acids is 1. The van der Waals surface area contributed by atoms with Crippen molar-refractivity contribution in [1.82, 2.24) is 0 Å². The summed E-state index contributed by atoms with van der Waals surface area (Å²) in [5.74, 6) is -1.42. The number of carbonyl (C=O) groups is 2. The van der Waals surface area contributed by atoms with E-state index in [4.69, 9.17) is 39.9 Å². The van der Waals surface area contributed by atoms with E-state index in [2.05, 4.69) is 0 Å². The summed E-state index contributed by atoms with van der Waals surface area (Å²) in [6.45, 7) is 0. The molecule has 28 heavy (non-hydrogen) atoms. The van der Waals surface area contributed by atoms with Crippen molar-refractivity contribution >= 4 is 46.0 Å². The smallest absolute Gasteiger partial charge is 0.417 e. The molecule has 1 N–H and O–H groups in total. The summed E-state index contributed by atoms with van der Waals surface area (Å²) in [4.78, 5) is 21.0. The van der Waals surface area contributed by atoms with Gasteiger partial charge in [-0.2, -0.15) is 26.3 Å². The van der Waals surface area contributed by atoms with Gasteiger partial charge in [-0.15, -0.1) is 0 Å². The fourth-order valence-electron chi connectivity index (χ4n) is 1.74. The van der Waals surface area contributed by atoms with Gasteiger partial charge in [-0.1, -0.05) is 23.2 Å². The number of rotatable bonds is 2. The maximum Gasteiger partial charge on any atom is 0.417 e. The Hall–Kier alpha value is -1.97. The van der Waals surface area contributed by atoms with E-state index in [0.717, 1.165) is 24.3 Å². The second-order valence-electron chi connectivity index (χ2n) is 4.96. The number of carboxylic acid groups (broad SMARTS) is 1. The average molecular weight is 468 g/mol. The third-order valence-corrected chi connectivity index (χ3v) is 3.89. The summed E-state index contributed by atoms with van der Waals surface area (Å²) in [5, 5.41) is 6.53. The quantitative estimate of drug-likeness (QED) is 0.391.